The zero-order valence-electron chi connectivity index (χ0n) is 19.0. The number of ether oxygens (including phenoxy) is 1. The van der Waals surface area contributed by atoms with Gasteiger partial charge in [0.25, 0.3) is 17.3 Å². The van der Waals surface area contributed by atoms with Crippen molar-refractivity contribution in [2.24, 2.45) is 5.92 Å². The summed E-state index contributed by atoms with van der Waals surface area (Å²) in [6.45, 7) is -0.344. The van der Waals surface area contributed by atoms with Gasteiger partial charge < -0.3 is 20.3 Å². The molecule has 0 spiro atoms. The van der Waals surface area contributed by atoms with Crippen molar-refractivity contribution in [1.82, 2.24) is 24.5 Å². The van der Waals surface area contributed by atoms with E-state index in [2.05, 4.69) is 20.5 Å². The predicted molar refractivity (Wildman–Crippen MR) is 122 cm³/mol. The SMILES string of the molecule is O=C(Nc1ccn(C[C@@H](O)CO)n1)C(CC1CCCC1)n1ncc(Oc2ncccc2F)cc1=O. The maximum Gasteiger partial charge on any atom is 0.271 e. The lowest BCUT2D eigenvalue weighted by molar-refractivity contribution is -0.120. The molecule has 0 bridgehead atoms. The van der Waals surface area contributed by atoms with Gasteiger partial charge in [0.15, 0.2) is 17.4 Å². The molecule has 1 aliphatic carbocycles. The summed E-state index contributed by atoms with van der Waals surface area (Å²) in [7, 11) is 0. The molecule has 0 saturated heterocycles. The van der Waals surface area contributed by atoms with Crippen molar-refractivity contribution in [2.75, 3.05) is 11.9 Å². The molecule has 1 aliphatic rings. The van der Waals surface area contributed by atoms with Crippen molar-refractivity contribution in [3.05, 3.63) is 59.0 Å². The molecule has 11 nitrogen and oxygen atoms in total. The van der Waals surface area contributed by atoms with E-state index < -0.39 is 36.0 Å². The van der Waals surface area contributed by atoms with Gasteiger partial charge in [0, 0.05) is 24.5 Å². The lowest BCUT2D eigenvalue weighted by Gasteiger charge is -2.21. The Bertz CT molecular complexity index is 1210. The molecule has 0 aromatic carbocycles. The number of aliphatic hydroxyl groups excluding tert-OH is 2. The molecule has 1 fully saturated rings. The second-order valence-electron chi connectivity index (χ2n) is 8.52. The van der Waals surface area contributed by atoms with E-state index in [1.165, 1.54) is 29.2 Å². The third-order valence-electron chi connectivity index (χ3n) is 5.87. The van der Waals surface area contributed by atoms with Crippen LogP contribution < -0.4 is 15.6 Å². The van der Waals surface area contributed by atoms with E-state index in [-0.39, 0.29) is 29.9 Å². The van der Waals surface area contributed by atoms with Crippen LogP contribution in [0.25, 0.3) is 0 Å². The number of anilines is 1. The Balaban J connectivity index is 1.53. The van der Waals surface area contributed by atoms with E-state index in [4.69, 9.17) is 9.84 Å². The first kappa shape index (κ1) is 24.5. The van der Waals surface area contributed by atoms with Crippen LogP contribution in [0.2, 0.25) is 0 Å². The summed E-state index contributed by atoms with van der Waals surface area (Å²) in [5.74, 6) is -0.894. The molecule has 12 heteroatoms. The maximum atomic E-state index is 13.8. The van der Waals surface area contributed by atoms with Crippen LogP contribution in [-0.4, -0.2) is 53.4 Å². The molecule has 3 aromatic rings. The van der Waals surface area contributed by atoms with Crippen LogP contribution >= 0.6 is 0 Å². The van der Waals surface area contributed by atoms with Crippen LogP contribution in [0.1, 0.15) is 38.1 Å². The Kier molecular flexibility index (Phi) is 7.83. The summed E-state index contributed by atoms with van der Waals surface area (Å²) in [4.78, 5) is 29.9. The van der Waals surface area contributed by atoms with Crippen molar-refractivity contribution in [3.63, 3.8) is 0 Å². The smallest absolute Gasteiger partial charge is 0.271 e. The number of aromatic nitrogens is 5. The molecule has 2 atom stereocenters. The van der Waals surface area contributed by atoms with E-state index in [9.17, 15) is 19.1 Å². The van der Waals surface area contributed by atoms with Gasteiger partial charge >= 0.3 is 0 Å². The minimum Gasteiger partial charge on any atom is -0.435 e. The number of carbonyl (C=O) groups excluding carboxylic acids is 1. The normalized spacial score (nSPS) is 15.6. The Hall–Kier alpha value is -3.64. The molecule has 0 aliphatic heterocycles. The van der Waals surface area contributed by atoms with Gasteiger partial charge in [0.05, 0.1) is 25.5 Å². The number of rotatable bonds is 10. The fourth-order valence-corrected chi connectivity index (χ4v) is 4.14. The first-order valence-corrected chi connectivity index (χ1v) is 11.4. The largest absolute Gasteiger partial charge is 0.435 e. The highest BCUT2D eigenvalue weighted by molar-refractivity contribution is 5.92. The third kappa shape index (κ3) is 6.28. The van der Waals surface area contributed by atoms with Crippen LogP contribution in [-0.2, 0) is 11.3 Å². The monoisotopic (exact) mass is 486 g/mol. The zero-order chi connectivity index (χ0) is 24.8. The fraction of sp³-hybridized carbons (Fsp3) is 0.435. The van der Waals surface area contributed by atoms with Crippen molar-refractivity contribution < 1.29 is 24.1 Å². The van der Waals surface area contributed by atoms with Gasteiger partial charge in [-0.1, -0.05) is 25.7 Å². The highest BCUT2D eigenvalue weighted by atomic mass is 19.1. The topological polar surface area (TPSA) is 144 Å². The molecule has 186 valence electrons. The number of hydrogen-bond acceptors (Lipinski definition) is 8. The molecular weight excluding hydrogens is 459 g/mol. The van der Waals surface area contributed by atoms with E-state index in [1.54, 1.807) is 12.3 Å². The van der Waals surface area contributed by atoms with E-state index in [1.807, 2.05) is 0 Å². The van der Waals surface area contributed by atoms with Gasteiger partial charge in [0.2, 0.25) is 0 Å². The summed E-state index contributed by atoms with van der Waals surface area (Å²) < 4.78 is 21.7. The fourth-order valence-electron chi connectivity index (χ4n) is 4.14. The average molecular weight is 487 g/mol. The van der Waals surface area contributed by atoms with E-state index in [0.717, 1.165) is 36.4 Å². The van der Waals surface area contributed by atoms with Gasteiger partial charge in [-0.05, 0) is 24.5 Å². The molecule has 0 radical (unpaired) electrons. The quantitative estimate of drug-likeness (QED) is 0.394. The summed E-state index contributed by atoms with van der Waals surface area (Å²) in [5.41, 5.74) is -0.575. The van der Waals surface area contributed by atoms with Gasteiger partial charge in [-0.25, -0.2) is 14.1 Å². The number of nitrogens with one attached hydrogen (secondary N) is 1. The van der Waals surface area contributed by atoms with Gasteiger partial charge in [-0.15, -0.1) is 0 Å². The summed E-state index contributed by atoms with van der Waals surface area (Å²) >= 11 is 0. The minimum absolute atomic E-state index is 0.00468. The Morgan fingerprint density at radius 1 is 1.31 bits per heavy atom. The first-order chi connectivity index (χ1) is 16.9. The molecule has 3 N–H and O–H groups in total. The number of carbonyl (C=O) groups is 1. The van der Waals surface area contributed by atoms with Crippen molar-refractivity contribution in [1.29, 1.82) is 0 Å². The number of nitrogens with zero attached hydrogens (tertiary/aromatic N) is 5. The molecular formula is C23H27FN6O5. The molecule has 4 rings (SSSR count). The number of halogens is 1. The average Bonchev–Trinajstić information content (AvgIpc) is 3.51. The molecule has 35 heavy (non-hydrogen) atoms. The minimum atomic E-state index is -0.975. The van der Waals surface area contributed by atoms with Crippen molar-refractivity contribution in [2.45, 2.75) is 50.8 Å². The third-order valence-corrected chi connectivity index (χ3v) is 5.87. The number of amides is 1. The van der Waals surface area contributed by atoms with Crippen molar-refractivity contribution in [3.8, 4) is 11.6 Å². The Morgan fingerprint density at radius 3 is 2.83 bits per heavy atom. The van der Waals surface area contributed by atoms with Crippen LogP contribution in [0.5, 0.6) is 11.6 Å². The number of hydrogen-bond donors (Lipinski definition) is 3. The Morgan fingerprint density at radius 2 is 2.11 bits per heavy atom. The van der Waals surface area contributed by atoms with Crippen LogP contribution in [0.3, 0.4) is 0 Å². The highest BCUT2D eigenvalue weighted by Crippen LogP contribution is 2.32. The number of pyridine rings is 1. The molecule has 1 unspecified atom stereocenters. The summed E-state index contributed by atoms with van der Waals surface area (Å²) in [5, 5.41) is 29.6. The molecule has 3 heterocycles. The summed E-state index contributed by atoms with van der Waals surface area (Å²) in [6, 6.07) is 4.41. The van der Waals surface area contributed by atoms with Gasteiger partial charge in [0.1, 0.15) is 6.04 Å². The number of aliphatic hydroxyl groups is 2. The van der Waals surface area contributed by atoms with Crippen LogP contribution in [0, 0.1) is 11.7 Å². The first-order valence-electron chi connectivity index (χ1n) is 11.4. The second-order valence-corrected chi connectivity index (χ2v) is 8.52. The van der Waals surface area contributed by atoms with Crippen LogP contribution in [0.4, 0.5) is 10.2 Å². The van der Waals surface area contributed by atoms with E-state index >= 15 is 0 Å². The molecule has 3 aromatic heterocycles. The zero-order valence-corrected chi connectivity index (χ0v) is 19.0. The van der Waals surface area contributed by atoms with Gasteiger partial charge in [-0.3, -0.25) is 14.3 Å². The van der Waals surface area contributed by atoms with Gasteiger partial charge in [-0.2, -0.15) is 10.2 Å². The highest BCUT2D eigenvalue weighted by Gasteiger charge is 2.29. The van der Waals surface area contributed by atoms with E-state index in [0.29, 0.717) is 6.42 Å². The predicted octanol–water partition coefficient (Wildman–Crippen LogP) is 1.88. The maximum absolute atomic E-state index is 13.8. The lowest BCUT2D eigenvalue weighted by Crippen LogP contribution is -2.36. The Labute approximate surface area is 200 Å². The standard InChI is InChI=1S/C23H27FN6O5/c24-18-6-3-8-25-23(18)35-17-11-21(33)30(26-12-17)19(10-15-4-1-2-5-15)22(34)27-20-7-9-29(28-20)13-16(32)14-31/h3,6-9,11-12,15-16,19,31-32H,1-2,4-5,10,13-14H2,(H,27,28,34)/t16-,19?/m1/s1. The molecule has 1 amide bonds. The summed E-state index contributed by atoms with van der Waals surface area (Å²) in [6.07, 6.45) is 7.69. The second kappa shape index (κ2) is 11.2. The molecule has 1 saturated carbocycles. The lowest BCUT2D eigenvalue weighted by atomic mass is 9.98. The van der Waals surface area contributed by atoms with Crippen molar-refractivity contribution >= 4 is 11.7 Å². The van der Waals surface area contributed by atoms with Crippen LogP contribution in [0.15, 0.2) is 47.7 Å².